The summed E-state index contributed by atoms with van der Waals surface area (Å²) in [5, 5.41) is 5.58. The van der Waals surface area contributed by atoms with Crippen LogP contribution in [-0.2, 0) is 13.0 Å². The SMILES string of the molecule is Cl.Clc1ccc(C(Cc2ccc(-c3ccccc3)cc2)Cn2cncn2)c(Cl)c1. The van der Waals surface area contributed by atoms with Crippen molar-refractivity contribution >= 4 is 35.6 Å². The lowest BCUT2D eigenvalue weighted by atomic mass is 9.91. The summed E-state index contributed by atoms with van der Waals surface area (Å²) in [6, 6.07) is 24.8. The number of rotatable bonds is 6. The van der Waals surface area contributed by atoms with Gasteiger partial charge in [0.25, 0.3) is 0 Å². The Morgan fingerprint density at radius 3 is 2.24 bits per heavy atom. The summed E-state index contributed by atoms with van der Waals surface area (Å²) < 4.78 is 1.84. The molecule has 0 saturated heterocycles. The first-order valence-corrected chi connectivity index (χ1v) is 9.86. The van der Waals surface area contributed by atoms with Crippen LogP contribution >= 0.6 is 35.6 Å². The zero-order valence-corrected chi connectivity index (χ0v) is 17.9. The Balaban J connectivity index is 0.00000240. The van der Waals surface area contributed by atoms with Gasteiger partial charge in [0.05, 0.1) is 0 Å². The number of benzene rings is 3. The Morgan fingerprint density at radius 2 is 1.59 bits per heavy atom. The second-order valence-electron chi connectivity index (χ2n) is 6.75. The first-order chi connectivity index (χ1) is 13.7. The van der Waals surface area contributed by atoms with Crippen molar-refractivity contribution in [3.63, 3.8) is 0 Å². The zero-order valence-electron chi connectivity index (χ0n) is 15.6. The maximum absolute atomic E-state index is 6.51. The quantitative estimate of drug-likeness (QED) is 0.331. The molecule has 0 radical (unpaired) electrons. The van der Waals surface area contributed by atoms with Gasteiger partial charge < -0.3 is 0 Å². The third-order valence-electron chi connectivity index (χ3n) is 4.82. The molecule has 0 aliphatic rings. The number of nitrogens with zero attached hydrogens (tertiary/aromatic N) is 3. The smallest absolute Gasteiger partial charge is 0.137 e. The predicted molar refractivity (Wildman–Crippen MR) is 122 cm³/mol. The zero-order chi connectivity index (χ0) is 19.3. The first-order valence-electron chi connectivity index (χ1n) is 9.11. The van der Waals surface area contributed by atoms with Crippen molar-refractivity contribution in [3.8, 4) is 11.1 Å². The molecule has 148 valence electrons. The summed E-state index contributed by atoms with van der Waals surface area (Å²) >= 11 is 12.6. The Bertz CT molecular complexity index is 1030. The molecule has 4 rings (SSSR count). The molecule has 0 spiro atoms. The minimum absolute atomic E-state index is 0. The largest absolute Gasteiger partial charge is 0.252 e. The summed E-state index contributed by atoms with van der Waals surface area (Å²) in [5.41, 5.74) is 4.74. The highest BCUT2D eigenvalue weighted by atomic mass is 35.5. The van der Waals surface area contributed by atoms with Crippen molar-refractivity contribution in [2.45, 2.75) is 18.9 Å². The fourth-order valence-corrected chi connectivity index (χ4v) is 3.97. The molecule has 3 nitrogen and oxygen atoms in total. The van der Waals surface area contributed by atoms with Gasteiger partial charge in [0.1, 0.15) is 12.7 Å². The standard InChI is InChI=1S/C23H19Cl2N3.ClH/c24-21-10-11-22(23(25)13-21)20(14-28-16-26-15-27-28)12-17-6-8-19(9-7-17)18-4-2-1-3-5-18;/h1-11,13,15-16,20H,12,14H2;1H. The number of halogens is 3. The molecule has 0 amide bonds. The fraction of sp³-hybridized carbons (Fsp3) is 0.130. The minimum atomic E-state index is 0. The van der Waals surface area contributed by atoms with Crippen LogP contribution in [0.5, 0.6) is 0 Å². The molecule has 4 aromatic rings. The van der Waals surface area contributed by atoms with Gasteiger partial charge in [-0.1, -0.05) is 83.9 Å². The average Bonchev–Trinajstić information content (AvgIpc) is 3.22. The van der Waals surface area contributed by atoms with Crippen LogP contribution in [0.2, 0.25) is 10.0 Å². The lowest BCUT2D eigenvalue weighted by Gasteiger charge is -2.19. The van der Waals surface area contributed by atoms with Gasteiger partial charge in [-0.15, -0.1) is 12.4 Å². The highest BCUT2D eigenvalue weighted by Gasteiger charge is 2.17. The van der Waals surface area contributed by atoms with E-state index in [9.17, 15) is 0 Å². The molecule has 1 heterocycles. The number of hydrogen-bond donors (Lipinski definition) is 0. The Morgan fingerprint density at radius 1 is 0.862 bits per heavy atom. The minimum Gasteiger partial charge on any atom is -0.252 e. The van der Waals surface area contributed by atoms with E-state index in [-0.39, 0.29) is 18.3 Å². The first kappa shape index (κ1) is 21.4. The maximum atomic E-state index is 6.51. The van der Waals surface area contributed by atoms with Crippen LogP contribution in [0.15, 0.2) is 85.5 Å². The molecular formula is C23H20Cl3N3. The third-order valence-corrected chi connectivity index (χ3v) is 5.38. The summed E-state index contributed by atoms with van der Waals surface area (Å²) in [5.74, 6) is 0.161. The van der Waals surface area contributed by atoms with Crippen LogP contribution in [0.1, 0.15) is 17.0 Å². The Kier molecular flexibility index (Phi) is 7.32. The number of aromatic nitrogens is 3. The van der Waals surface area contributed by atoms with E-state index in [1.165, 1.54) is 16.7 Å². The van der Waals surface area contributed by atoms with Crippen LogP contribution in [0.3, 0.4) is 0 Å². The van der Waals surface area contributed by atoms with Crippen LogP contribution in [-0.4, -0.2) is 14.8 Å². The molecule has 3 aromatic carbocycles. The van der Waals surface area contributed by atoms with Crippen LogP contribution in [0.4, 0.5) is 0 Å². The van der Waals surface area contributed by atoms with Crippen molar-refractivity contribution in [3.05, 3.63) is 107 Å². The van der Waals surface area contributed by atoms with Gasteiger partial charge in [-0.2, -0.15) is 5.10 Å². The molecule has 0 saturated carbocycles. The van der Waals surface area contributed by atoms with Crippen molar-refractivity contribution < 1.29 is 0 Å². The molecule has 0 fully saturated rings. The van der Waals surface area contributed by atoms with Crippen LogP contribution in [0, 0.1) is 0 Å². The summed E-state index contributed by atoms with van der Waals surface area (Å²) in [6.45, 7) is 0.696. The lowest BCUT2D eigenvalue weighted by Crippen LogP contribution is -2.13. The molecular weight excluding hydrogens is 425 g/mol. The van der Waals surface area contributed by atoms with E-state index in [0.717, 1.165) is 12.0 Å². The molecule has 1 unspecified atom stereocenters. The Labute approximate surface area is 186 Å². The summed E-state index contributed by atoms with van der Waals surface area (Å²) in [6.07, 6.45) is 4.13. The van der Waals surface area contributed by atoms with Crippen molar-refractivity contribution in [1.82, 2.24) is 14.8 Å². The third kappa shape index (κ3) is 5.39. The molecule has 1 atom stereocenters. The monoisotopic (exact) mass is 443 g/mol. The van der Waals surface area contributed by atoms with Crippen LogP contribution < -0.4 is 0 Å². The van der Waals surface area contributed by atoms with E-state index in [1.54, 1.807) is 18.7 Å². The van der Waals surface area contributed by atoms with Gasteiger partial charge >= 0.3 is 0 Å². The van der Waals surface area contributed by atoms with Crippen molar-refractivity contribution in [2.24, 2.45) is 0 Å². The maximum Gasteiger partial charge on any atom is 0.137 e. The van der Waals surface area contributed by atoms with E-state index < -0.39 is 0 Å². The molecule has 0 bridgehead atoms. The van der Waals surface area contributed by atoms with Crippen molar-refractivity contribution in [2.75, 3.05) is 0 Å². The van der Waals surface area contributed by atoms with Crippen LogP contribution in [0.25, 0.3) is 11.1 Å². The van der Waals surface area contributed by atoms with Gasteiger partial charge in [0, 0.05) is 22.5 Å². The normalized spacial score (nSPS) is 11.7. The second kappa shape index (κ2) is 9.93. The van der Waals surface area contributed by atoms with Gasteiger partial charge in [-0.05, 0) is 40.8 Å². The molecule has 0 aliphatic carbocycles. The van der Waals surface area contributed by atoms with Gasteiger partial charge in [0.15, 0.2) is 0 Å². The summed E-state index contributed by atoms with van der Waals surface area (Å²) in [7, 11) is 0. The highest BCUT2D eigenvalue weighted by molar-refractivity contribution is 6.35. The molecule has 1 aromatic heterocycles. The van der Waals surface area contributed by atoms with Gasteiger partial charge in [-0.3, -0.25) is 4.68 Å². The molecule has 0 aliphatic heterocycles. The van der Waals surface area contributed by atoms with E-state index in [2.05, 4.69) is 58.6 Å². The van der Waals surface area contributed by atoms with E-state index in [4.69, 9.17) is 23.2 Å². The van der Waals surface area contributed by atoms with E-state index >= 15 is 0 Å². The number of hydrogen-bond acceptors (Lipinski definition) is 2. The fourth-order valence-electron chi connectivity index (χ4n) is 3.41. The Hall–Kier alpha value is -2.33. The molecule has 0 N–H and O–H groups in total. The van der Waals surface area contributed by atoms with Gasteiger partial charge in [-0.25, -0.2) is 4.98 Å². The second-order valence-corrected chi connectivity index (χ2v) is 7.59. The van der Waals surface area contributed by atoms with Gasteiger partial charge in [0.2, 0.25) is 0 Å². The topological polar surface area (TPSA) is 30.7 Å². The molecule has 29 heavy (non-hydrogen) atoms. The highest BCUT2D eigenvalue weighted by Crippen LogP contribution is 2.31. The van der Waals surface area contributed by atoms with E-state index in [1.807, 2.05) is 22.9 Å². The lowest BCUT2D eigenvalue weighted by molar-refractivity contribution is 0.511. The summed E-state index contributed by atoms with van der Waals surface area (Å²) in [4.78, 5) is 4.06. The molecule has 6 heteroatoms. The van der Waals surface area contributed by atoms with Crippen molar-refractivity contribution in [1.29, 1.82) is 0 Å². The van der Waals surface area contributed by atoms with E-state index in [0.29, 0.717) is 16.6 Å². The average molecular weight is 445 g/mol. The predicted octanol–water partition coefficient (Wildman–Crippen LogP) is 6.70.